The first kappa shape index (κ1) is 21.0. The van der Waals surface area contributed by atoms with Gasteiger partial charge < -0.3 is 9.84 Å². The van der Waals surface area contributed by atoms with E-state index in [0.29, 0.717) is 27.1 Å². The molecule has 27 heavy (non-hydrogen) atoms. The molecule has 1 aromatic heterocycles. The van der Waals surface area contributed by atoms with E-state index < -0.39 is 17.7 Å². The molecule has 1 heterocycles. The van der Waals surface area contributed by atoms with E-state index in [9.17, 15) is 14.7 Å². The quantitative estimate of drug-likeness (QED) is 0.565. The van der Waals surface area contributed by atoms with E-state index in [4.69, 9.17) is 16.3 Å². The average Bonchev–Trinajstić information content (AvgIpc) is 2.56. The van der Waals surface area contributed by atoms with E-state index in [-0.39, 0.29) is 5.82 Å². The number of thioether (sulfide) groups is 1. The minimum atomic E-state index is -1.25. The lowest BCUT2D eigenvalue weighted by atomic mass is 10.2. The maximum absolute atomic E-state index is 13.0. The van der Waals surface area contributed by atoms with Gasteiger partial charge in [-0.3, -0.25) is 0 Å². The summed E-state index contributed by atoms with van der Waals surface area (Å²) in [6.45, 7) is 6.86. The molecule has 0 unspecified atom stereocenters. The van der Waals surface area contributed by atoms with Gasteiger partial charge in [0.25, 0.3) is 0 Å². The number of para-hydroxylation sites is 1. The molecule has 0 aliphatic carbocycles. The number of amides is 1. The van der Waals surface area contributed by atoms with Gasteiger partial charge in [-0.15, -0.1) is 11.8 Å². The maximum atomic E-state index is 13.0. The summed E-state index contributed by atoms with van der Waals surface area (Å²) in [5.41, 5.74) is 0.289. The van der Waals surface area contributed by atoms with Crippen LogP contribution in [0.2, 0.25) is 5.02 Å². The highest BCUT2D eigenvalue weighted by Gasteiger charge is 2.31. The lowest BCUT2D eigenvalue weighted by Crippen LogP contribution is -2.35. The van der Waals surface area contributed by atoms with Crippen LogP contribution in [0.25, 0.3) is 0 Å². The molecule has 7 nitrogen and oxygen atoms in total. The molecule has 144 valence electrons. The molecule has 0 aliphatic heterocycles. The zero-order chi connectivity index (χ0) is 20.4. The molecule has 1 amide bonds. The second-order valence-corrected chi connectivity index (χ2v) is 7.76. The second-order valence-electron chi connectivity index (χ2n) is 6.56. The normalized spacial score (nSPS) is 11.2. The number of aryl methyl sites for hydroxylation is 1. The van der Waals surface area contributed by atoms with E-state index in [1.807, 2.05) is 0 Å². The molecule has 0 saturated carbocycles. The number of carbonyl (C=O) groups is 2. The largest absolute Gasteiger partial charge is 0.475 e. The number of benzene rings is 1. The number of ether oxygens (including phenoxy) is 1. The van der Waals surface area contributed by atoms with Crippen molar-refractivity contribution >= 4 is 46.8 Å². The smallest absolute Gasteiger partial charge is 0.419 e. The van der Waals surface area contributed by atoms with E-state index in [1.165, 1.54) is 16.7 Å². The number of rotatable bonds is 4. The fourth-order valence-electron chi connectivity index (χ4n) is 2.29. The summed E-state index contributed by atoms with van der Waals surface area (Å²) < 4.78 is 5.54. The molecule has 0 saturated heterocycles. The number of hydrogen-bond acceptors (Lipinski definition) is 6. The standard InChI is InChI=1S/C18H20ClN3O4S/c1-10-13(15(27-5)21-14(20-10)16(23)24)22(17(25)26-18(2,3)4)12-9-7-6-8-11(12)19/h6-9H,1-5H3,(H,23,24). The molecule has 0 spiro atoms. The van der Waals surface area contributed by atoms with Crippen LogP contribution in [-0.2, 0) is 4.74 Å². The van der Waals surface area contributed by atoms with Gasteiger partial charge in [-0.25, -0.2) is 24.5 Å². The van der Waals surface area contributed by atoms with Gasteiger partial charge in [-0.1, -0.05) is 23.7 Å². The molecule has 9 heteroatoms. The van der Waals surface area contributed by atoms with Crippen molar-refractivity contribution in [3.8, 4) is 0 Å². The fraction of sp³-hybridized carbons (Fsp3) is 0.333. The third-order valence-electron chi connectivity index (χ3n) is 3.30. The topological polar surface area (TPSA) is 92.6 Å². The Balaban J connectivity index is 2.73. The predicted molar refractivity (Wildman–Crippen MR) is 105 cm³/mol. The van der Waals surface area contributed by atoms with Crippen molar-refractivity contribution in [2.75, 3.05) is 11.2 Å². The Morgan fingerprint density at radius 2 is 1.85 bits per heavy atom. The lowest BCUT2D eigenvalue weighted by Gasteiger charge is -2.29. The van der Waals surface area contributed by atoms with Crippen molar-refractivity contribution in [1.29, 1.82) is 0 Å². The van der Waals surface area contributed by atoms with Crippen LogP contribution in [0.3, 0.4) is 0 Å². The van der Waals surface area contributed by atoms with Crippen molar-refractivity contribution < 1.29 is 19.4 Å². The summed E-state index contributed by atoms with van der Waals surface area (Å²) in [4.78, 5) is 33.7. The van der Waals surface area contributed by atoms with Crippen molar-refractivity contribution in [3.63, 3.8) is 0 Å². The molecule has 1 aromatic carbocycles. The Kier molecular flexibility index (Phi) is 6.33. The first-order chi connectivity index (χ1) is 12.5. The Morgan fingerprint density at radius 1 is 1.22 bits per heavy atom. The number of hydrogen-bond donors (Lipinski definition) is 1. The summed E-state index contributed by atoms with van der Waals surface area (Å²) in [7, 11) is 0. The predicted octanol–water partition coefficient (Wildman–Crippen LogP) is 4.93. The Morgan fingerprint density at radius 3 is 2.37 bits per heavy atom. The maximum Gasteiger partial charge on any atom is 0.419 e. The van der Waals surface area contributed by atoms with Crippen molar-refractivity contribution in [3.05, 3.63) is 40.8 Å². The average molecular weight is 410 g/mol. The second kappa shape index (κ2) is 8.14. The number of halogens is 1. The number of nitrogens with zero attached hydrogens (tertiary/aromatic N) is 3. The van der Waals surface area contributed by atoms with E-state index in [2.05, 4.69) is 9.97 Å². The zero-order valence-electron chi connectivity index (χ0n) is 15.6. The van der Waals surface area contributed by atoms with Crippen LogP contribution >= 0.6 is 23.4 Å². The van der Waals surface area contributed by atoms with Gasteiger partial charge in [0.05, 0.1) is 16.4 Å². The number of aromatic carboxylic acids is 1. The first-order valence-corrected chi connectivity index (χ1v) is 9.59. The fourth-order valence-corrected chi connectivity index (χ4v) is 3.12. The van der Waals surface area contributed by atoms with Crippen LogP contribution in [-0.4, -0.2) is 39.0 Å². The summed E-state index contributed by atoms with van der Waals surface area (Å²) in [6.07, 6.45) is 1.07. The van der Waals surface area contributed by atoms with Crippen LogP contribution in [0, 0.1) is 6.92 Å². The van der Waals surface area contributed by atoms with Crippen LogP contribution in [0.15, 0.2) is 29.3 Å². The number of carboxylic acids is 1. The minimum absolute atomic E-state index is 0.317. The molecule has 0 bridgehead atoms. The minimum Gasteiger partial charge on any atom is -0.475 e. The van der Waals surface area contributed by atoms with Crippen LogP contribution in [0.4, 0.5) is 16.2 Å². The summed E-state index contributed by atoms with van der Waals surface area (Å²) >= 11 is 7.52. The number of carbonyl (C=O) groups excluding carboxylic acids is 1. The number of aromatic nitrogens is 2. The third kappa shape index (κ3) is 4.90. The van der Waals surface area contributed by atoms with Crippen LogP contribution in [0.5, 0.6) is 0 Å². The van der Waals surface area contributed by atoms with Crippen LogP contribution in [0.1, 0.15) is 37.1 Å². The van der Waals surface area contributed by atoms with Gasteiger partial charge in [0.1, 0.15) is 16.3 Å². The van der Waals surface area contributed by atoms with Crippen molar-refractivity contribution in [2.24, 2.45) is 0 Å². The Bertz CT molecular complexity index is 883. The van der Waals surface area contributed by atoms with E-state index in [1.54, 1.807) is 58.2 Å². The monoisotopic (exact) mass is 409 g/mol. The summed E-state index contributed by atoms with van der Waals surface area (Å²) in [6, 6.07) is 6.79. The molecule has 0 aliphatic rings. The molecule has 0 radical (unpaired) electrons. The highest BCUT2D eigenvalue weighted by atomic mass is 35.5. The van der Waals surface area contributed by atoms with Crippen molar-refractivity contribution in [1.82, 2.24) is 9.97 Å². The van der Waals surface area contributed by atoms with Gasteiger partial charge in [0.2, 0.25) is 5.82 Å². The molecule has 0 atom stereocenters. The molecule has 0 fully saturated rings. The van der Waals surface area contributed by atoms with Gasteiger partial charge in [-0.2, -0.15) is 0 Å². The van der Waals surface area contributed by atoms with Gasteiger partial charge >= 0.3 is 12.1 Å². The van der Waals surface area contributed by atoms with E-state index in [0.717, 1.165) is 0 Å². The van der Waals surface area contributed by atoms with E-state index >= 15 is 0 Å². The SMILES string of the molecule is CSc1nc(C(=O)O)nc(C)c1N(C(=O)OC(C)(C)C)c1ccccc1Cl. The summed E-state index contributed by atoms with van der Waals surface area (Å²) in [5, 5.41) is 9.88. The van der Waals surface area contributed by atoms with Crippen molar-refractivity contribution in [2.45, 2.75) is 38.3 Å². The first-order valence-electron chi connectivity index (χ1n) is 7.98. The van der Waals surface area contributed by atoms with Gasteiger partial charge in [0, 0.05) is 0 Å². The molecular formula is C18H20ClN3O4S. The zero-order valence-corrected chi connectivity index (χ0v) is 17.2. The van der Waals surface area contributed by atoms with Gasteiger partial charge in [-0.05, 0) is 46.1 Å². The Labute approximate surface area is 166 Å². The van der Waals surface area contributed by atoms with Crippen LogP contribution < -0.4 is 4.90 Å². The lowest BCUT2D eigenvalue weighted by molar-refractivity contribution is 0.0597. The highest BCUT2D eigenvalue weighted by Crippen LogP contribution is 2.39. The number of carboxylic acid groups (broad SMARTS) is 1. The summed E-state index contributed by atoms with van der Waals surface area (Å²) in [5.74, 6) is -1.59. The third-order valence-corrected chi connectivity index (χ3v) is 4.29. The number of anilines is 2. The molecular weight excluding hydrogens is 390 g/mol. The molecule has 1 N–H and O–H groups in total. The Hall–Kier alpha value is -2.32. The van der Waals surface area contributed by atoms with Gasteiger partial charge in [0.15, 0.2) is 0 Å². The highest BCUT2D eigenvalue weighted by molar-refractivity contribution is 7.98. The molecule has 2 aromatic rings. The molecule has 2 rings (SSSR count).